The monoisotopic (exact) mass is 192 g/mol. The highest BCUT2D eigenvalue weighted by atomic mass is 14.7. The molecule has 0 aromatic carbocycles. The third-order valence-electron chi connectivity index (χ3n) is 6.28. The van der Waals surface area contributed by atoms with Crippen molar-refractivity contribution in [1.82, 2.24) is 0 Å². The van der Waals surface area contributed by atoms with E-state index >= 15 is 0 Å². The molecule has 8 atom stereocenters. The van der Waals surface area contributed by atoms with Crippen LogP contribution in [0.2, 0.25) is 0 Å². The molecule has 0 bridgehead atoms. The van der Waals surface area contributed by atoms with Crippen molar-refractivity contribution in [2.24, 2.45) is 47.3 Å². The standard InChI is InChI=1S/C14H24/c1-7-5-11-12-6-8(2)10(4)14(12)13(11)9(7)3/h7-14H,5-6H2,1-4H3/t7-,8+,9?,10?,11-,12+,13?,14?. The normalized spacial score (nSPS) is 66.0. The van der Waals surface area contributed by atoms with Crippen molar-refractivity contribution in [1.29, 1.82) is 0 Å². The van der Waals surface area contributed by atoms with Gasteiger partial charge in [-0.3, -0.25) is 0 Å². The molecule has 3 aliphatic carbocycles. The molecule has 3 aliphatic rings. The van der Waals surface area contributed by atoms with Gasteiger partial charge in [0.25, 0.3) is 0 Å². The Bertz CT molecular complexity index is 218. The van der Waals surface area contributed by atoms with E-state index in [9.17, 15) is 0 Å². The van der Waals surface area contributed by atoms with Crippen molar-refractivity contribution in [3.63, 3.8) is 0 Å². The van der Waals surface area contributed by atoms with E-state index < -0.39 is 0 Å². The Labute approximate surface area is 88.5 Å². The first-order valence-corrected chi connectivity index (χ1v) is 6.61. The van der Waals surface area contributed by atoms with Crippen LogP contribution in [-0.4, -0.2) is 0 Å². The van der Waals surface area contributed by atoms with Crippen LogP contribution in [0.5, 0.6) is 0 Å². The summed E-state index contributed by atoms with van der Waals surface area (Å²) in [5.41, 5.74) is 0. The molecular formula is C14H24. The largest absolute Gasteiger partial charge is 0.0622 e. The lowest BCUT2D eigenvalue weighted by atomic mass is 9.56. The average molecular weight is 192 g/mol. The lowest BCUT2D eigenvalue weighted by molar-refractivity contribution is -0.0149. The number of hydrogen-bond acceptors (Lipinski definition) is 0. The van der Waals surface area contributed by atoms with Crippen LogP contribution in [0, 0.1) is 47.3 Å². The minimum atomic E-state index is 1.01. The van der Waals surface area contributed by atoms with Crippen molar-refractivity contribution in [2.75, 3.05) is 0 Å². The minimum Gasteiger partial charge on any atom is -0.0622 e. The lowest BCUT2D eigenvalue weighted by Crippen LogP contribution is -2.44. The molecule has 3 fully saturated rings. The zero-order chi connectivity index (χ0) is 10.0. The van der Waals surface area contributed by atoms with Gasteiger partial charge in [-0.1, -0.05) is 27.7 Å². The second-order valence-corrected chi connectivity index (χ2v) is 6.63. The van der Waals surface area contributed by atoms with Gasteiger partial charge < -0.3 is 0 Å². The van der Waals surface area contributed by atoms with Crippen LogP contribution in [0.1, 0.15) is 40.5 Å². The fourth-order valence-electron chi connectivity index (χ4n) is 5.19. The van der Waals surface area contributed by atoms with Crippen molar-refractivity contribution >= 4 is 0 Å². The third-order valence-corrected chi connectivity index (χ3v) is 6.28. The number of fused-ring (bicyclic) bond motifs is 4. The molecule has 0 radical (unpaired) electrons. The van der Waals surface area contributed by atoms with E-state index in [-0.39, 0.29) is 0 Å². The zero-order valence-corrected chi connectivity index (χ0v) is 10.0. The molecule has 0 heteroatoms. The summed E-state index contributed by atoms with van der Waals surface area (Å²) in [4.78, 5) is 0. The second-order valence-electron chi connectivity index (χ2n) is 6.63. The predicted octanol–water partition coefficient (Wildman–Crippen LogP) is 3.82. The Morgan fingerprint density at radius 3 is 1.36 bits per heavy atom. The average Bonchev–Trinajstić information content (AvgIpc) is 2.51. The Balaban J connectivity index is 1.84. The molecule has 0 aliphatic heterocycles. The van der Waals surface area contributed by atoms with Gasteiger partial charge in [0.1, 0.15) is 0 Å². The SMILES string of the molecule is CC1C2C3C(C)[C@@H](C)C[C@H]3[C@H]2C[C@H]1C. The van der Waals surface area contributed by atoms with E-state index in [0.717, 1.165) is 47.3 Å². The highest BCUT2D eigenvalue weighted by Gasteiger charge is 2.61. The Hall–Kier alpha value is 0. The van der Waals surface area contributed by atoms with Gasteiger partial charge >= 0.3 is 0 Å². The molecule has 0 heterocycles. The second kappa shape index (κ2) is 2.77. The molecule has 0 saturated heterocycles. The van der Waals surface area contributed by atoms with Crippen LogP contribution in [0.3, 0.4) is 0 Å². The molecule has 3 saturated carbocycles. The molecule has 0 aromatic heterocycles. The van der Waals surface area contributed by atoms with Crippen LogP contribution >= 0.6 is 0 Å². The summed E-state index contributed by atoms with van der Waals surface area (Å²) in [5, 5.41) is 0. The third kappa shape index (κ3) is 0.907. The van der Waals surface area contributed by atoms with Crippen molar-refractivity contribution < 1.29 is 0 Å². The van der Waals surface area contributed by atoms with Crippen molar-refractivity contribution in [3.8, 4) is 0 Å². The first kappa shape index (κ1) is 9.24. The van der Waals surface area contributed by atoms with Crippen LogP contribution in [0.25, 0.3) is 0 Å². The Morgan fingerprint density at radius 1 is 0.643 bits per heavy atom. The maximum absolute atomic E-state index is 2.52. The van der Waals surface area contributed by atoms with E-state index in [1.165, 1.54) is 0 Å². The molecule has 0 N–H and O–H groups in total. The number of rotatable bonds is 0. The van der Waals surface area contributed by atoms with Crippen LogP contribution in [0.4, 0.5) is 0 Å². The van der Waals surface area contributed by atoms with Crippen LogP contribution < -0.4 is 0 Å². The summed E-state index contributed by atoms with van der Waals surface area (Å²) in [5.74, 6) is 8.58. The van der Waals surface area contributed by atoms with E-state index in [4.69, 9.17) is 0 Å². The molecule has 0 nitrogen and oxygen atoms in total. The van der Waals surface area contributed by atoms with Gasteiger partial charge in [-0.2, -0.15) is 0 Å². The summed E-state index contributed by atoms with van der Waals surface area (Å²) in [6, 6.07) is 0. The van der Waals surface area contributed by atoms with Gasteiger partial charge in [-0.05, 0) is 60.2 Å². The Kier molecular flexibility index (Phi) is 1.83. The van der Waals surface area contributed by atoms with Crippen LogP contribution in [-0.2, 0) is 0 Å². The van der Waals surface area contributed by atoms with E-state index in [0.29, 0.717) is 0 Å². The van der Waals surface area contributed by atoms with Gasteiger partial charge in [-0.25, -0.2) is 0 Å². The van der Waals surface area contributed by atoms with Crippen molar-refractivity contribution in [2.45, 2.75) is 40.5 Å². The van der Waals surface area contributed by atoms with Crippen LogP contribution in [0.15, 0.2) is 0 Å². The van der Waals surface area contributed by atoms with Gasteiger partial charge in [0.05, 0.1) is 0 Å². The summed E-state index contributed by atoms with van der Waals surface area (Å²) in [7, 11) is 0. The molecule has 80 valence electrons. The van der Waals surface area contributed by atoms with E-state index in [1.807, 2.05) is 0 Å². The molecule has 0 amide bonds. The Morgan fingerprint density at radius 2 is 1.00 bits per heavy atom. The summed E-state index contributed by atoms with van der Waals surface area (Å²) >= 11 is 0. The first-order valence-electron chi connectivity index (χ1n) is 6.61. The van der Waals surface area contributed by atoms with E-state index in [1.54, 1.807) is 12.8 Å². The fourth-order valence-corrected chi connectivity index (χ4v) is 5.19. The molecule has 0 spiro atoms. The van der Waals surface area contributed by atoms with Gasteiger partial charge in [0.15, 0.2) is 0 Å². The smallest absolute Gasteiger partial charge is 0.0321 e. The molecule has 3 rings (SSSR count). The van der Waals surface area contributed by atoms with Gasteiger partial charge in [0.2, 0.25) is 0 Å². The molecule has 0 aromatic rings. The highest BCUT2D eigenvalue weighted by molar-refractivity contribution is 5.09. The maximum atomic E-state index is 2.52. The molecule has 14 heavy (non-hydrogen) atoms. The highest BCUT2D eigenvalue weighted by Crippen LogP contribution is 2.67. The molecule has 4 unspecified atom stereocenters. The fraction of sp³-hybridized carbons (Fsp3) is 1.00. The molecular weight excluding hydrogens is 168 g/mol. The van der Waals surface area contributed by atoms with Crippen molar-refractivity contribution in [3.05, 3.63) is 0 Å². The lowest BCUT2D eigenvalue weighted by Gasteiger charge is -2.49. The van der Waals surface area contributed by atoms with Gasteiger partial charge in [-0.15, -0.1) is 0 Å². The zero-order valence-electron chi connectivity index (χ0n) is 10.0. The quantitative estimate of drug-likeness (QED) is 0.547. The topological polar surface area (TPSA) is 0 Å². The summed E-state index contributed by atoms with van der Waals surface area (Å²) in [6.07, 6.45) is 3.10. The minimum absolute atomic E-state index is 1.01. The maximum Gasteiger partial charge on any atom is -0.0321 e. The first-order chi connectivity index (χ1) is 6.61. The number of hydrogen-bond donors (Lipinski definition) is 0. The van der Waals surface area contributed by atoms with E-state index in [2.05, 4.69) is 27.7 Å². The summed E-state index contributed by atoms with van der Waals surface area (Å²) in [6.45, 7) is 9.99. The summed E-state index contributed by atoms with van der Waals surface area (Å²) < 4.78 is 0. The predicted molar refractivity (Wildman–Crippen MR) is 59.9 cm³/mol. The van der Waals surface area contributed by atoms with Gasteiger partial charge in [0, 0.05) is 0 Å².